The average Bonchev–Trinajstić information content (AvgIpc) is 3.10. The predicted molar refractivity (Wildman–Crippen MR) is 92.7 cm³/mol. The summed E-state index contributed by atoms with van der Waals surface area (Å²) in [4.78, 5) is 17.8. The van der Waals surface area contributed by atoms with Crippen molar-refractivity contribution in [2.24, 2.45) is 5.92 Å². The van der Waals surface area contributed by atoms with E-state index in [4.69, 9.17) is 11.6 Å². The Kier molecular flexibility index (Phi) is 5.13. The van der Waals surface area contributed by atoms with Crippen molar-refractivity contribution in [3.05, 3.63) is 27.5 Å². The van der Waals surface area contributed by atoms with E-state index in [0.717, 1.165) is 39.4 Å². The average molecular weight is 356 g/mol. The fourth-order valence-corrected chi connectivity index (χ4v) is 4.47. The Hall–Kier alpha value is -0.950. The van der Waals surface area contributed by atoms with E-state index in [1.807, 2.05) is 17.5 Å². The van der Waals surface area contributed by atoms with E-state index < -0.39 is 0 Å². The zero-order valence-corrected chi connectivity index (χ0v) is 14.7. The zero-order valence-electron chi connectivity index (χ0n) is 12.3. The number of aromatic nitrogens is 1. The normalized spacial score (nSPS) is 21.7. The van der Waals surface area contributed by atoms with Crippen LogP contribution in [-0.2, 0) is 11.2 Å². The van der Waals surface area contributed by atoms with Crippen LogP contribution in [0.5, 0.6) is 0 Å². The summed E-state index contributed by atoms with van der Waals surface area (Å²) in [7, 11) is 0. The molecule has 0 bridgehead atoms. The van der Waals surface area contributed by atoms with Gasteiger partial charge in [0, 0.05) is 18.0 Å². The molecular weight excluding hydrogens is 338 g/mol. The summed E-state index contributed by atoms with van der Waals surface area (Å²) in [6.07, 6.45) is 1.43. The molecule has 1 aliphatic rings. The molecule has 3 rings (SSSR count). The predicted octanol–water partition coefficient (Wildman–Crippen LogP) is 3.18. The molecule has 1 amide bonds. The van der Waals surface area contributed by atoms with E-state index in [1.165, 1.54) is 11.3 Å². The van der Waals surface area contributed by atoms with E-state index in [9.17, 15) is 4.79 Å². The van der Waals surface area contributed by atoms with Crippen molar-refractivity contribution >= 4 is 40.2 Å². The van der Waals surface area contributed by atoms with Crippen LogP contribution in [0.4, 0.5) is 0 Å². The van der Waals surface area contributed by atoms with Crippen LogP contribution in [0.15, 0.2) is 17.5 Å². The molecule has 2 aromatic rings. The molecule has 4 nitrogen and oxygen atoms in total. The minimum Gasteiger partial charge on any atom is -0.351 e. The SMILES string of the molecule is CC1CCNCC1NC(=O)Cc1csc(-c2ccc(Cl)s2)n1. The van der Waals surface area contributed by atoms with Crippen LogP contribution in [0, 0.1) is 5.92 Å². The lowest BCUT2D eigenvalue weighted by molar-refractivity contribution is -0.121. The van der Waals surface area contributed by atoms with Gasteiger partial charge >= 0.3 is 0 Å². The van der Waals surface area contributed by atoms with Gasteiger partial charge in [-0.3, -0.25) is 4.79 Å². The molecule has 2 unspecified atom stereocenters. The van der Waals surface area contributed by atoms with Crippen LogP contribution in [0.2, 0.25) is 4.34 Å². The van der Waals surface area contributed by atoms with Gasteiger partial charge < -0.3 is 10.6 Å². The second-order valence-corrected chi connectivity index (χ2v) is 8.14. The number of hydrogen-bond donors (Lipinski definition) is 2. The van der Waals surface area contributed by atoms with E-state index in [1.54, 1.807) is 11.3 Å². The van der Waals surface area contributed by atoms with Gasteiger partial charge in [0.25, 0.3) is 0 Å². The molecule has 3 heterocycles. The van der Waals surface area contributed by atoms with Crippen molar-refractivity contribution in [1.82, 2.24) is 15.6 Å². The molecule has 0 radical (unpaired) electrons. The molecule has 0 saturated carbocycles. The summed E-state index contributed by atoms with van der Waals surface area (Å²) < 4.78 is 0.753. The first-order chi connectivity index (χ1) is 10.6. The van der Waals surface area contributed by atoms with Gasteiger partial charge in [-0.25, -0.2) is 4.98 Å². The summed E-state index contributed by atoms with van der Waals surface area (Å²) in [5, 5.41) is 9.31. The van der Waals surface area contributed by atoms with Crippen LogP contribution in [0.3, 0.4) is 0 Å². The topological polar surface area (TPSA) is 54.0 Å². The van der Waals surface area contributed by atoms with Crippen LogP contribution >= 0.6 is 34.3 Å². The third-order valence-corrected chi connectivity index (χ3v) is 6.14. The monoisotopic (exact) mass is 355 g/mol. The summed E-state index contributed by atoms with van der Waals surface area (Å²) in [6, 6.07) is 4.05. The van der Waals surface area contributed by atoms with Crippen LogP contribution in [0.1, 0.15) is 19.0 Å². The fraction of sp³-hybridized carbons (Fsp3) is 0.467. The summed E-state index contributed by atoms with van der Waals surface area (Å²) in [6.45, 7) is 4.07. The number of thiophene rings is 1. The highest BCUT2D eigenvalue weighted by molar-refractivity contribution is 7.23. The van der Waals surface area contributed by atoms with E-state index in [2.05, 4.69) is 22.5 Å². The number of hydrogen-bond acceptors (Lipinski definition) is 5. The van der Waals surface area contributed by atoms with Crippen molar-refractivity contribution in [3.8, 4) is 9.88 Å². The maximum atomic E-state index is 12.2. The lowest BCUT2D eigenvalue weighted by Gasteiger charge is -2.30. The third kappa shape index (κ3) is 3.87. The van der Waals surface area contributed by atoms with Crippen LogP contribution < -0.4 is 10.6 Å². The number of amides is 1. The largest absolute Gasteiger partial charge is 0.351 e. The third-order valence-electron chi connectivity index (χ3n) is 3.85. The number of halogens is 1. The maximum absolute atomic E-state index is 12.2. The number of carbonyl (C=O) groups is 1. The highest BCUT2D eigenvalue weighted by atomic mass is 35.5. The molecule has 1 saturated heterocycles. The van der Waals surface area contributed by atoms with Gasteiger partial charge in [0.15, 0.2) is 0 Å². The lowest BCUT2D eigenvalue weighted by atomic mass is 9.95. The van der Waals surface area contributed by atoms with Crippen molar-refractivity contribution in [3.63, 3.8) is 0 Å². The Morgan fingerprint density at radius 3 is 3.14 bits per heavy atom. The summed E-state index contributed by atoms with van der Waals surface area (Å²) >= 11 is 9.01. The number of rotatable bonds is 4. The zero-order chi connectivity index (χ0) is 15.5. The standard InChI is InChI=1S/C15H18ClN3OS2/c1-9-4-5-17-7-11(9)19-14(20)6-10-8-21-15(18-10)12-2-3-13(16)22-12/h2-3,8-9,11,17H,4-7H2,1H3,(H,19,20). The minimum absolute atomic E-state index is 0.0432. The first-order valence-corrected chi connectivity index (χ1v) is 9.39. The molecule has 0 aliphatic carbocycles. The molecule has 2 N–H and O–H groups in total. The number of carbonyl (C=O) groups excluding carboxylic acids is 1. The van der Waals surface area contributed by atoms with Gasteiger partial charge in [-0.1, -0.05) is 18.5 Å². The summed E-state index contributed by atoms with van der Waals surface area (Å²) in [5.41, 5.74) is 0.818. The minimum atomic E-state index is 0.0432. The highest BCUT2D eigenvalue weighted by Gasteiger charge is 2.22. The second kappa shape index (κ2) is 7.08. The van der Waals surface area contributed by atoms with Crippen molar-refractivity contribution < 1.29 is 4.79 Å². The Bertz CT molecular complexity index is 655. The van der Waals surface area contributed by atoms with E-state index in [0.29, 0.717) is 12.3 Å². The molecule has 2 aromatic heterocycles. The molecule has 2 atom stereocenters. The quantitative estimate of drug-likeness (QED) is 0.885. The summed E-state index contributed by atoms with van der Waals surface area (Å²) in [5.74, 6) is 0.561. The van der Waals surface area contributed by atoms with Crippen molar-refractivity contribution in [1.29, 1.82) is 0 Å². The molecule has 1 aliphatic heterocycles. The number of thiazole rings is 1. The Balaban J connectivity index is 1.59. The fourth-order valence-electron chi connectivity index (χ4n) is 2.54. The number of nitrogens with zero attached hydrogens (tertiary/aromatic N) is 1. The van der Waals surface area contributed by atoms with E-state index in [-0.39, 0.29) is 11.9 Å². The van der Waals surface area contributed by atoms with Crippen LogP contribution in [-0.4, -0.2) is 30.0 Å². The molecule has 0 spiro atoms. The van der Waals surface area contributed by atoms with Crippen molar-refractivity contribution in [2.75, 3.05) is 13.1 Å². The van der Waals surface area contributed by atoms with Gasteiger partial charge in [-0.2, -0.15) is 0 Å². The number of nitrogens with one attached hydrogen (secondary N) is 2. The highest BCUT2D eigenvalue weighted by Crippen LogP contribution is 2.32. The second-order valence-electron chi connectivity index (χ2n) is 5.57. The smallest absolute Gasteiger partial charge is 0.226 e. The van der Waals surface area contributed by atoms with E-state index >= 15 is 0 Å². The number of piperidine rings is 1. The molecular formula is C15H18ClN3OS2. The van der Waals surface area contributed by atoms with Crippen molar-refractivity contribution in [2.45, 2.75) is 25.8 Å². The molecule has 7 heteroatoms. The van der Waals surface area contributed by atoms with Crippen LogP contribution in [0.25, 0.3) is 9.88 Å². The van der Waals surface area contributed by atoms with Gasteiger partial charge in [-0.15, -0.1) is 22.7 Å². The first-order valence-electron chi connectivity index (χ1n) is 7.32. The van der Waals surface area contributed by atoms with Gasteiger partial charge in [0.05, 0.1) is 21.3 Å². The molecule has 0 aromatic carbocycles. The lowest BCUT2D eigenvalue weighted by Crippen LogP contribution is -2.50. The molecule has 22 heavy (non-hydrogen) atoms. The molecule has 1 fully saturated rings. The Morgan fingerprint density at radius 2 is 2.41 bits per heavy atom. The van der Waals surface area contributed by atoms with Gasteiger partial charge in [-0.05, 0) is 31.0 Å². The van der Waals surface area contributed by atoms with Gasteiger partial charge in [0.1, 0.15) is 5.01 Å². The maximum Gasteiger partial charge on any atom is 0.226 e. The molecule has 118 valence electrons. The Morgan fingerprint density at radius 1 is 1.55 bits per heavy atom. The first kappa shape index (κ1) is 15.9. The Labute approximate surface area is 142 Å². The van der Waals surface area contributed by atoms with Gasteiger partial charge in [0.2, 0.25) is 5.91 Å².